The highest BCUT2D eigenvalue weighted by Crippen LogP contribution is 2.23. The maximum atomic E-state index is 13.6. The number of hydrogen-bond donors (Lipinski definition) is 2. The third-order valence-electron chi connectivity index (χ3n) is 2.84. The Morgan fingerprint density at radius 3 is 2.71 bits per heavy atom. The molecule has 2 aromatic carbocycles. The van der Waals surface area contributed by atoms with Crippen molar-refractivity contribution in [1.82, 2.24) is 5.32 Å². The van der Waals surface area contributed by atoms with Crippen LogP contribution in [0, 0.1) is 5.82 Å². The average molecular weight is 309 g/mol. The number of rotatable bonds is 4. The highest BCUT2D eigenvalue weighted by Gasteiger charge is 2.10. The van der Waals surface area contributed by atoms with Crippen molar-refractivity contribution in [2.24, 2.45) is 0 Å². The maximum absolute atomic E-state index is 13.6. The second-order valence-corrected chi connectivity index (χ2v) is 4.62. The van der Waals surface area contributed by atoms with E-state index in [2.05, 4.69) is 10.6 Å². The summed E-state index contributed by atoms with van der Waals surface area (Å²) in [5, 5.41) is 5.45. The first-order chi connectivity index (χ1) is 10.1. The van der Waals surface area contributed by atoms with Crippen LogP contribution in [0.2, 0.25) is 5.02 Å². The Morgan fingerprint density at radius 1 is 1.24 bits per heavy atom. The van der Waals surface area contributed by atoms with Gasteiger partial charge in [0.05, 0.1) is 12.8 Å². The van der Waals surface area contributed by atoms with Crippen molar-refractivity contribution < 1.29 is 13.9 Å². The van der Waals surface area contributed by atoms with Gasteiger partial charge >= 0.3 is 6.03 Å². The number of urea groups is 1. The van der Waals surface area contributed by atoms with Crippen molar-refractivity contribution in [2.45, 2.75) is 6.54 Å². The molecule has 0 radical (unpaired) electrons. The summed E-state index contributed by atoms with van der Waals surface area (Å²) in [5.74, 6) is 0.0802. The van der Waals surface area contributed by atoms with Crippen molar-refractivity contribution in [3.05, 3.63) is 58.9 Å². The molecule has 0 aliphatic rings. The summed E-state index contributed by atoms with van der Waals surface area (Å²) >= 11 is 5.89. The van der Waals surface area contributed by atoms with Gasteiger partial charge in [-0.2, -0.15) is 0 Å². The second-order valence-electron chi connectivity index (χ2n) is 4.21. The second kappa shape index (κ2) is 6.95. The van der Waals surface area contributed by atoms with Gasteiger partial charge in [0.25, 0.3) is 0 Å². The zero-order chi connectivity index (χ0) is 15.2. The van der Waals surface area contributed by atoms with Crippen LogP contribution in [0.5, 0.6) is 5.75 Å². The van der Waals surface area contributed by atoms with E-state index in [0.29, 0.717) is 11.4 Å². The first-order valence-corrected chi connectivity index (χ1v) is 6.60. The lowest BCUT2D eigenvalue weighted by Crippen LogP contribution is -2.28. The van der Waals surface area contributed by atoms with Crippen LogP contribution in [0.4, 0.5) is 14.9 Å². The number of carbonyl (C=O) groups is 1. The molecule has 2 amide bonds. The number of nitrogens with one attached hydrogen (secondary N) is 2. The molecular formula is C15H14ClFN2O2. The smallest absolute Gasteiger partial charge is 0.319 e. The number of halogens is 2. The Bertz CT molecular complexity index is 629. The molecule has 0 bridgehead atoms. The van der Waals surface area contributed by atoms with Gasteiger partial charge in [-0.05, 0) is 24.3 Å². The lowest BCUT2D eigenvalue weighted by atomic mass is 10.2. The lowest BCUT2D eigenvalue weighted by molar-refractivity contribution is 0.251. The van der Waals surface area contributed by atoms with Gasteiger partial charge < -0.3 is 15.4 Å². The summed E-state index contributed by atoms with van der Waals surface area (Å²) in [5.41, 5.74) is 0.770. The van der Waals surface area contributed by atoms with Crippen LogP contribution >= 0.6 is 11.6 Å². The largest absolute Gasteiger partial charge is 0.495 e. The van der Waals surface area contributed by atoms with E-state index in [0.717, 1.165) is 0 Å². The van der Waals surface area contributed by atoms with E-state index in [1.807, 2.05) is 0 Å². The Morgan fingerprint density at radius 2 is 2.00 bits per heavy atom. The normalized spacial score (nSPS) is 10.0. The van der Waals surface area contributed by atoms with Crippen molar-refractivity contribution in [3.8, 4) is 5.75 Å². The fourth-order valence-electron chi connectivity index (χ4n) is 1.78. The SMILES string of the molecule is COc1ccccc1NC(=O)NCc1c(F)cccc1Cl. The summed E-state index contributed by atoms with van der Waals surface area (Å²) in [4.78, 5) is 11.8. The van der Waals surface area contributed by atoms with Crippen LogP contribution in [-0.2, 0) is 6.54 Å². The number of anilines is 1. The third kappa shape index (κ3) is 3.86. The fourth-order valence-corrected chi connectivity index (χ4v) is 2.01. The van der Waals surface area contributed by atoms with Crippen molar-refractivity contribution in [2.75, 3.05) is 12.4 Å². The zero-order valence-corrected chi connectivity index (χ0v) is 12.1. The molecule has 0 saturated heterocycles. The monoisotopic (exact) mass is 308 g/mol. The molecule has 21 heavy (non-hydrogen) atoms. The molecule has 0 atom stereocenters. The van der Waals surface area contributed by atoms with Gasteiger partial charge in [0.2, 0.25) is 0 Å². The molecule has 0 heterocycles. The number of hydrogen-bond acceptors (Lipinski definition) is 2. The van der Waals surface area contributed by atoms with Crippen molar-refractivity contribution >= 4 is 23.3 Å². The van der Waals surface area contributed by atoms with E-state index >= 15 is 0 Å². The lowest BCUT2D eigenvalue weighted by Gasteiger charge is -2.11. The predicted molar refractivity (Wildman–Crippen MR) is 80.3 cm³/mol. The minimum Gasteiger partial charge on any atom is -0.495 e. The summed E-state index contributed by atoms with van der Waals surface area (Å²) < 4.78 is 18.7. The topological polar surface area (TPSA) is 50.4 Å². The number of methoxy groups -OCH3 is 1. The van der Waals surface area contributed by atoms with Gasteiger partial charge in [0, 0.05) is 17.1 Å². The molecule has 2 N–H and O–H groups in total. The quantitative estimate of drug-likeness (QED) is 0.902. The van der Waals surface area contributed by atoms with Crippen LogP contribution in [0.15, 0.2) is 42.5 Å². The predicted octanol–water partition coefficient (Wildman–Crippen LogP) is 3.81. The Labute approximate surface area is 126 Å². The van der Waals surface area contributed by atoms with E-state index in [1.54, 1.807) is 30.3 Å². The van der Waals surface area contributed by atoms with Gasteiger partial charge in [-0.3, -0.25) is 0 Å². The van der Waals surface area contributed by atoms with Crippen LogP contribution in [0.1, 0.15) is 5.56 Å². The Hall–Kier alpha value is -2.27. The highest BCUT2D eigenvalue weighted by atomic mass is 35.5. The van der Waals surface area contributed by atoms with Gasteiger partial charge in [0.1, 0.15) is 11.6 Å². The van der Waals surface area contributed by atoms with E-state index in [4.69, 9.17) is 16.3 Å². The van der Waals surface area contributed by atoms with Crippen molar-refractivity contribution in [3.63, 3.8) is 0 Å². The van der Waals surface area contributed by atoms with E-state index in [1.165, 1.54) is 19.2 Å². The molecule has 0 aromatic heterocycles. The third-order valence-corrected chi connectivity index (χ3v) is 3.20. The molecule has 6 heteroatoms. The molecular weight excluding hydrogens is 295 g/mol. The molecule has 2 aromatic rings. The van der Waals surface area contributed by atoms with Gasteiger partial charge in [-0.1, -0.05) is 29.8 Å². The van der Waals surface area contributed by atoms with Gasteiger partial charge in [-0.15, -0.1) is 0 Å². The summed E-state index contributed by atoms with van der Waals surface area (Å²) in [6.45, 7) is -0.00745. The maximum Gasteiger partial charge on any atom is 0.319 e. The first-order valence-electron chi connectivity index (χ1n) is 6.22. The fraction of sp³-hybridized carbons (Fsp3) is 0.133. The highest BCUT2D eigenvalue weighted by molar-refractivity contribution is 6.31. The van der Waals surface area contributed by atoms with E-state index in [-0.39, 0.29) is 17.1 Å². The molecule has 2 rings (SSSR count). The number of para-hydroxylation sites is 2. The molecule has 0 fully saturated rings. The standard InChI is InChI=1S/C15H14ClFN2O2/c1-21-14-8-3-2-7-13(14)19-15(20)18-9-10-11(16)5-4-6-12(10)17/h2-8H,9H2,1H3,(H2,18,19,20). The van der Waals surface area contributed by atoms with E-state index < -0.39 is 11.8 Å². The first kappa shape index (κ1) is 15.1. The molecule has 0 unspecified atom stereocenters. The van der Waals surface area contributed by atoms with Crippen LogP contribution < -0.4 is 15.4 Å². The summed E-state index contributed by atoms with van der Waals surface area (Å²) in [6, 6.07) is 10.9. The zero-order valence-electron chi connectivity index (χ0n) is 11.3. The molecule has 4 nitrogen and oxygen atoms in total. The molecule has 110 valence electrons. The number of benzene rings is 2. The molecule has 0 spiro atoms. The molecule has 0 aliphatic carbocycles. The van der Waals surface area contributed by atoms with Gasteiger partial charge in [-0.25, -0.2) is 9.18 Å². The average Bonchev–Trinajstić information content (AvgIpc) is 2.47. The number of amides is 2. The summed E-state index contributed by atoms with van der Waals surface area (Å²) in [6.07, 6.45) is 0. The van der Waals surface area contributed by atoms with E-state index in [9.17, 15) is 9.18 Å². The Kier molecular flexibility index (Phi) is 5.00. The summed E-state index contributed by atoms with van der Waals surface area (Å²) in [7, 11) is 1.51. The van der Waals surface area contributed by atoms with Crippen LogP contribution in [-0.4, -0.2) is 13.1 Å². The Balaban J connectivity index is 1.99. The minimum atomic E-state index is -0.473. The van der Waals surface area contributed by atoms with Crippen molar-refractivity contribution in [1.29, 1.82) is 0 Å². The molecule has 0 saturated carbocycles. The van der Waals surface area contributed by atoms with Gasteiger partial charge in [0.15, 0.2) is 0 Å². The van der Waals surface area contributed by atoms with Crippen LogP contribution in [0.3, 0.4) is 0 Å². The van der Waals surface area contributed by atoms with Crippen LogP contribution in [0.25, 0.3) is 0 Å². The minimum absolute atomic E-state index is 0.00745. The molecule has 0 aliphatic heterocycles. The number of ether oxygens (including phenoxy) is 1. The number of carbonyl (C=O) groups excluding carboxylic acids is 1.